The minimum Gasteiger partial charge on any atom is -0.465 e. The van der Waals surface area contributed by atoms with Gasteiger partial charge in [-0.1, -0.05) is 0 Å². The maximum Gasteiger partial charge on any atom is 0.341 e. The molecule has 0 aliphatic rings. The molecule has 7 heteroatoms. The third-order valence-electron chi connectivity index (χ3n) is 2.77. The van der Waals surface area contributed by atoms with E-state index in [9.17, 15) is 9.59 Å². The maximum atomic E-state index is 11.8. The third kappa shape index (κ3) is 4.06. The van der Waals surface area contributed by atoms with Crippen LogP contribution < -0.4 is 5.32 Å². The molecule has 0 spiro atoms. The highest BCUT2D eigenvalue weighted by molar-refractivity contribution is 5.90. The van der Waals surface area contributed by atoms with E-state index in [2.05, 4.69) is 10.4 Å². The summed E-state index contributed by atoms with van der Waals surface area (Å²) in [7, 11) is 1.73. The van der Waals surface area contributed by atoms with Crippen molar-refractivity contribution in [3.05, 3.63) is 17.5 Å². The number of aromatic nitrogens is 2. The first kappa shape index (κ1) is 16.2. The van der Waals surface area contributed by atoms with Gasteiger partial charge in [-0.2, -0.15) is 5.10 Å². The molecule has 0 amide bonds. The predicted molar refractivity (Wildman–Crippen MR) is 72.1 cm³/mol. The monoisotopic (exact) mass is 283 g/mol. The van der Waals surface area contributed by atoms with Crippen molar-refractivity contribution >= 4 is 11.9 Å². The number of nitrogens with one attached hydrogen (secondary N) is 1. The standard InChI is InChI=1S/C13H21N3O4/c1-5-19-12(17)9(3)14-8-11-10(7-15-16(11)4)13(18)20-6-2/h7,9,14H,5-6,8H2,1-4H3. The smallest absolute Gasteiger partial charge is 0.341 e. The Balaban J connectivity index is 2.70. The van der Waals surface area contributed by atoms with Crippen molar-refractivity contribution in [1.82, 2.24) is 15.1 Å². The van der Waals surface area contributed by atoms with E-state index in [0.717, 1.165) is 0 Å². The Morgan fingerprint density at radius 3 is 2.60 bits per heavy atom. The molecule has 1 aromatic heterocycles. The zero-order valence-electron chi connectivity index (χ0n) is 12.3. The van der Waals surface area contributed by atoms with Crippen LogP contribution in [-0.4, -0.2) is 41.0 Å². The molecule has 0 bridgehead atoms. The zero-order chi connectivity index (χ0) is 15.1. The van der Waals surface area contributed by atoms with Crippen molar-refractivity contribution in [3.8, 4) is 0 Å². The summed E-state index contributed by atoms with van der Waals surface area (Å²) in [5, 5.41) is 7.04. The number of ether oxygens (including phenoxy) is 2. The molecule has 1 unspecified atom stereocenters. The Kier molecular flexibility index (Phi) is 6.17. The van der Waals surface area contributed by atoms with Gasteiger partial charge in [-0.05, 0) is 20.8 Å². The Morgan fingerprint density at radius 1 is 1.35 bits per heavy atom. The van der Waals surface area contributed by atoms with Gasteiger partial charge < -0.3 is 9.47 Å². The average Bonchev–Trinajstić information content (AvgIpc) is 2.78. The lowest BCUT2D eigenvalue weighted by Crippen LogP contribution is -2.35. The van der Waals surface area contributed by atoms with E-state index in [1.807, 2.05) is 0 Å². The van der Waals surface area contributed by atoms with Crippen LogP contribution >= 0.6 is 0 Å². The van der Waals surface area contributed by atoms with Crippen molar-refractivity contribution in [3.63, 3.8) is 0 Å². The lowest BCUT2D eigenvalue weighted by molar-refractivity contribution is -0.145. The van der Waals surface area contributed by atoms with E-state index in [1.54, 1.807) is 32.5 Å². The molecular weight excluding hydrogens is 262 g/mol. The lowest BCUT2D eigenvalue weighted by atomic mass is 10.2. The molecule has 20 heavy (non-hydrogen) atoms. The number of esters is 2. The molecule has 0 aliphatic carbocycles. The Morgan fingerprint density at radius 2 is 2.00 bits per heavy atom. The summed E-state index contributed by atoms with van der Waals surface area (Å²) in [6.45, 7) is 6.17. The fourth-order valence-corrected chi connectivity index (χ4v) is 1.65. The van der Waals surface area contributed by atoms with Crippen LogP contribution in [0.5, 0.6) is 0 Å². The molecule has 0 aromatic carbocycles. The van der Waals surface area contributed by atoms with Crippen molar-refractivity contribution in [2.24, 2.45) is 7.05 Å². The van der Waals surface area contributed by atoms with E-state index in [1.165, 1.54) is 6.20 Å². The van der Waals surface area contributed by atoms with Crippen LogP contribution in [0.2, 0.25) is 0 Å². The van der Waals surface area contributed by atoms with Crippen molar-refractivity contribution in [2.75, 3.05) is 13.2 Å². The summed E-state index contributed by atoms with van der Waals surface area (Å²) in [4.78, 5) is 23.3. The third-order valence-corrected chi connectivity index (χ3v) is 2.77. The number of hydrogen-bond donors (Lipinski definition) is 1. The molecule has 7 nitrogen and oxygen atoms in total. The summed E-state index contributed by atoms with van der Waals surface area (Å²) in [5.41, 5.74) is 1.07. The van der Waals surface area contributed by atoms with Crippen molar-refractivity contribution in [1.29, 1.82) is 0 Å². The number of nitrogens with zero attached hydrogens (tertiary/aromatic N) is 2. The summed E-state index contributed by atoms with van der Waals surface area (Å²) in [6.07, 6.45) is 1.46. The Labute approximate surface area is 118 Å². The van der Waals surface area contributed by atoms with Gasteiger partial charge in [0.1, 0.15) is 11.6 Å². The minimum absolute atomic E-state index is 0.305. The highest BCUT2D eigenvalue weighted by Gasteiger charge is 2.19. The maximum absolute atomic E-state index is 11.8. The van der Waals surface area contributed by atoms with Gasteiger partial charge in [-0.15, -0.1) is 0 Å². The molecule has 1 heterocycles. The summed E-state index contributed by atoms with van der Waals surface area (Å²) < 4.78 is 11.4. The van der Waals surface area contributed by atoms with Gasteiger partial charge in [0.25, 0.3) is 0 Å². The molecule has 1 atom stereocenters. The number of carbonyl (C=O) groups is 2. The van der Waals surface area contributed by atoms with Gasteiger partial charge >= 0.3 is 11.9 Å². The van der Waals surface area contributed by atoms with Crippen molar-refractivity contribution in [2.45, 2.75) is 33.4 Å². The molecule has 0 fully saturated rings. The molecule has 112 valence electrons. The average molecular weight is 283 g/mol. The first-order chi connectivity index (χ1) is 9.51. The number of rotatable bonds is 7. The fourth-order valence-electron chi connectivity index (χ4n) is 1.65. The van der Waals surface area contributed by atoms with Crippen LogP contribution in [0.15, 0.2) is 6.20 Å². The normalized spacial score (nSPS) is 12.0. The van der Waals surface area contributed by atoms with Crippen molar-refractivity contribution < 1.29 is 19.1 Å². The van der Waals surface area contributed by atoms with Gasteiger partial charge in [-0.25, -0.2) is 4.79 Å². The second-order valence-electron chi connectivity index (χ2n) is 4.20. The van der Waals surface area contributed by atoms with Crippen LogP contribution in [0.25, 0.3) is 0 Å². The minimum atomic E-state index is -0.458. The number of aryl methyl sites for hydroxylation is 1. The molecule has 0 saturated heterocycles. The van der Waals surface area contributed by atoms with Crippen LogP contribution in [0.4, 0.5) is 0 Å². The topological polar surface area (TPSA) is 82.5 Å². The first-order valence-corrected chi connectivity index (χ1v) is 6.59. The van der Waals surface area contributed by atoms with Crippen LogP contribution in [0.1, 0.15) is 36.8 Å². The van der Waals surface area contributed by atoms with E-state index in [0.29, 0.717) is 31.0 Å². The molecular formula is C13H21N3O4. The second-order valence-corrected chi connectivity index (χ2v) is 4.20. The van der Waals surface area contributed by atoms with E-state index in [-0.39, 0.29) is 5.97 Å². The second kappa shape index (κ2) is 7.64. The predicted octanol–water partition coefficient (Wildman–Crippen LogP) is 0.638. The van der Waals surface area contributed by atoms with E-state index >= 15 is 0 Å². The zero-order valence-corrected chi connectivity index (χ0v) is 12.3. The van der Waals surface area contributed by atoms with Gasteiger partial charge in [0.2, 0.25) is 0 Å². The van der Waals surface area contributed by atoms with Crippen LogP contribution in [0.3, 0.4) is 0 Å². The number of hydrogen-bond acceptors (Lipinski definition) is 6. The molecule has 0 saturated carbocycles. The van der Waals surface area contributed by atoms with E-state index in [4.69, 9.17) is 9.47 Å². The lowest BCUT2D eigenvalue weighted by Gasteiger charge is -2.13. The Hall–Kier alpha value is -1.89. The molecule has 0 aliphatic heterocycles. The molecule has 1 aromatic rings. The fraction of sp³-hybridized carbons (Fsp3) is 0.615. The largest absolute Gasteiger partial charge is 0.465 e. The van der Waals surface area contributed by atoms with Crippen LogP contribution in [-0.2, 0) is 27.9 Å². The summed E-state index contributed by atoms with van der Waals surface area (Å²) in [5.74, 6) is -0.742. The summed E-state index contributed by atoms with van der Waals surface area (Å²) in [6, 6.07) is -0.458. The number of carbonyl (C=O) groups excluding carboxylic acids is 2. The highest BCUT2D eigenvalue weighted by Crippen LogP contribution is 2.09. The highest BCUT2D eigenvalue weighted by atomic mass is 16.5. The summed E-state index contributed by atoms with van der Waals surface area (Å²) >= 11 is 0. The Bertz CT molecular complexity index is 470. The first-order valence-electron chi connectivity index (χ1n) is 6.59. The molecule has 1 rings (SSSR count). The quantitative estimate of drug-likeness (QED) is 0.739. The van der Waals surface area contributed by atoms with Gasteiger partial charge in [0.15, 0.2) is 0 Å². The van der Waals surface area contributed by atoms with Gasteiger partial charge in [0, 0.05) is 13.6 Å². The molecule has 1 N–H and O–H groups in total. The SMILES string of the molecule is CCOC(=O)c1cnn(C)c1CNC(C)C(=O)OCC. The van der Waals surface area contributed by atoms with Gasteiger partial charge in [0.05, 0.1) is 25.1 Å². The molecule has 0 radical (unpaired) electrons. The van der Waals surface area contributed by atoms with Crippen LogP contribution in [0, 0.1) is 0 Å². The van der Waals surface area contributed by atoms with E-state index < -0.39 is 12.0 Å². The van der Waals surface area contributed by atoms with Gasteiger partial charge in [-0.3, -0.25) is 14.8 Å².